The van der Waals surface area contributed by atoms with Gasteiger partial charge in [0.25, 0.3) is 0 Å². The topological polar surface area (TPSA) is 155 Å². The number of hydrogen-bond acceptors (Lipinski definition) is 4. The van der Waals surface area contributed by atoms with E-state index in [1.807, 2.05) is 0 Å². The molecule has 9 nitrogen and oxygen atoms in total. The molecule has 0 atom stereocenters. The van der Waals surface area contributed by atoms with Crippen molar-refractivity contribution in [2.45, 2.75) is 71.1 Å². The number of nitrogens with zero attached hydrogens (tertiary/aromatic N) is 2. The van der Waals surface area contributed by atoms with Crippen LogP contribution in [-0.4, -0.2) is 50.5 Å². The first-order valence-corrected chi connectivity index (χ1v) is 10.4. The Kier molecular flexibility index (Phi) is 29.3. The largest absolute Gasteiger partial charge is 1.00 e. The Labute approximate surface area is 200 Å². The molecule has 0 saturated carbocycles. The van der Waals surface area contributed by atoms with Crippen LogP contribution >= 0.6 is 12.4 Å². The van der Waals surface area contributed by atoms with Gasteiger partial charge in [-0.2, -0.15) is 13.4 Å². The van der Waals surface area contributed by atoms with Gasteiger partial charge in [-0.1, -0.05) is 64.7 Å². The van der Waals surface area contributed by atoms with Crippen molar-refractivity contribution in [3.8, 4) is 0 Å². The number of guanidine groups is 2. The first-order chi connectivity index (χ1) is 12.1. The number of unbranched alkanes of at least 4 members (excludes halogenated alkanes) is 9. The van der Waals surface area contributed by atoms with E-state index in [1.165, 1.54) is 44.9 Å². The first kappa shape index (κ1) is 35.3. The molecule has 0 heterocycles. The summed E-state index contributed by atoms with van der Waals surface area (Å²) in [6, 6.07) is 0. The molecule has 0 unspecified atom stereocenters. The normalized spacial score (nSPS) is 10.8. The molecule has 0 rings (SSSR count). The Morgan fingerprint density at radius 2 is 1.43 bits per heavy atom. The predicted molar refractivity (Wildman–Crippen MR) is 115 cm³/mol. The van der Waals surface area contributed by atoms with Gasteiger partial charge >= 0.3 is 40.0 Å². The Hall–Kier alpha value is -0.100. The second-order valence-electron chi connectivity index (χ2n) is 6.18. The van der Waals surface area contributed by atoms with Crippen molar-refractivity contribution in [1.82, 2.24) is 4.90 Å². The van der Waals surface area contributed by atoms with Gasteiger partial charge in [-0.3, -0.25) is 9.96 Å². The minimum absolute atomic E-state index is 0. The Morgan fingerprint density at radius 1 is 1.04 bits per heavy atom. The summed E-state index contributed by atoms with van der Waals surface area (Å²) in [5.41, 5.74) is 10.2. The van der Waals surface area contributed by atoms with E-state index in [0.717, 1.165) is 12.8 Å². The molecule has 0 aromatic carbocycles. The zero-order valence-corrected chi connectivity index (χ0v) is 21.4. The fraction of sp³-hybridized carbons (Fsp3) is 0.875. The van der Waals surface area contributed by atoms with Crippen LogP contribution in [0.2, 0.25) is 0 Å². The number of hydrogen-bond donors (Lipinski definition) is 4. The predicted octanol–water partition coefficient (Wildman–Crippen LogP) is 0.0212. The Bertz CT molecular complexity index is 500. The Morgan fingerprint density at radius 3 is 1.71 bits per heavy atom. The van der Waals surface area contributed by atoms with Crippen molar-refractivity contribution in [3.63, 3.8) is 0 Å². The van der Waals surface area contributed by atoms with Crippen LogP contribution in [0.25, 0.3) is 0 Å². The van der Waals surface area contributed by atoms with Crippen molar-refractivity contribution < 1.29 is 48.1 Å². The van der Waals surface area contributed by atoms with E-state index in [0.29, 0.717) is 6.42 Å². The van der Waals surface area contributed by atoms with Gasteiger partial charge in [0.1, 0.15) is 0 Å². The summed E-state index contributed by atoms with van der Waals surface area (Å²) in [4.78, 5) is 5.03. The van der Waals surface area contributed by atoms with E-state index in [4.69, 9.17) is 21.4 Å². The van der Waals surface area contributed by atoms with Crippen molar-refractivity contribution in [2.75, 3.05) is 20.7 Å². The maximum atomic E-state index is 10.2. The zero-order valence-electron chi connectivity index (χ0n) is 18.8. The van der Waals surface area contributed by atoms with Gasteiger partial charge in [-0.25, -0.2) is 4.18 Å². The van der Waals surface area contributed by atoms with Crippen molar-refractivity contribution in [3.05, 3.63) is 0 Å². The van der Waals surface area contributed by atoms with E-state index in [-0.39, 0.29) is 61.9 Å². The third-order valence-electron chi connectivity index (χ3n) is 3.42. The minimum Gasteiger partial charge on any atom is -1.00 e. The van der Waals surface area contributed by atoms with E-state index in [9.17, 15) is 8.42 Å². The first-order valence-electron chi connectivity index (χ1n) is 9.07. The molecule has 0 aliphatic rings. The summed E-state index contributed by atoms with van der Waals surface area (Å²) < 4.78 is 33.0. The molecule has 0 aromatic heterocycles. The monoisotopic (exact) mass is 455 g/mol. The van der Waals surface area contributed by atoms with Crippen LogP contribution in [0.3, 0.4) is 0 Å². The molecule has 12 heteroatoms. The summed E-state index contributed by atoms with van der Waals surface area (Å²) in [6.07, 6.45) is 11.9. The summed E-state index contributed by atoms with van der Waals surface area (Å²) in [6.45, 7) is 2.31. The molecule has 0 saturated heterocycles. The summed E-state index contributed by atoms with van der Waals surface area (Å²) in [5, 5.41) is 6.70. The molecule has 0 aliphatic carbocycles. The molecule has 0 aromatic rings. The third kappa shape index (κ3) is 33.5. The van der Waals surface area contributed by atoms with E-state index in [2.05, 4.69) is 16.1 Å². The molecule has 28 heavy (non-hydrogen) atoms. The molecular weight excluding hydrogens is 417 g/mol. The molecule has 166 valence electrons. The molecule has 0 spiro atoms. The van der Waals surface area contributed by atoms with Gasteiger partial charge in [-0.05, 0) is 6.42 Å². The second-order valence-corrected chi connectivity index (χ2v) is 7.27. The van der Waals surface area contributed by atoms with Gasteiger partial charge < -0.3 is 17.8 Å². The van der Waals surface area contributed by atoms with Crippen LogP contribution in [-0.2, 0) is 14.6 Å². The van der Waals surface area contributed by atoms with Crippen LogP contribution in [0.4, 0.5) is 0 Å². The zero-order chi connectivity index (χ0) is 20.4. The SMILES string of the molecule is CCCCCCCCCCCCOS(=O)(=O)O.CN(C)C(N)=NC(=N)N.Cl.[H-].[Na+]. The van der Waals surface area contributed by atoms with Crippen LogP contribution in [0, 0.1) is 5.41 Å². The summed E-state index contributed by atoms with van der Waals surface area (Å²) in [5.74, 6) is -0.0382. The van der Waals surface area contributed by atoms with Gasteiger partial charge in [0, 0.05) is 14.1 Å². The molecule has 0 fully saturated rings. The van der Waals surface area contributed by atoms with Crippen LogP contribution in [0.15, 0.2) is 4.99 Å². The fourth-order valence-electron chi connectivity index (χ4n) is 1.98. The van der Waals surface area contributed by atoms with Gasteiger partial charge in [0.2, 0.25) is 5.96 Å². The van der Waals surface area contributed by atoms with E-state index >= 15 is 0 Å². The molecule has 0 radical (unpaired) electrons. The Balaban J connectivity index is -0.000000139. The van der Waals surface area contributed by atoms with Crippen LogP contribution < -0.4 is 41.0 Å². The van der Waals surface area contributed by atoms with Gasteiger partial charge in [-0.15, -0.1) is 12.4 Å². The van der Waals surface area contributed by atoms with Crippen molar-refractivity contribution >= 4 is 34.7 Å². The third-order valence-corrected chi connectivity index (χ3v) is 3.89. The summed E-state index contributed by atoms with van der Waals surface area (Å²) >= 11 is 0. The summed E-state index contributed by atoms with van der Waals surface area (Å²) in [7, 11) is -0.786. The minimum atomic E-state index is -4.23. The van der Waals surface area contributed by atoms with Gasteiger partial charge in [0.05, 0.1) is 6.61 Å². The second kappa shape index (κ2) is 23.2. The maximum absolute atomic E-state index is 10.2. The number of nitrogens with one attached hydrogen (secondary N) is 1. The number of aliphatic imine (C=N–C) groups is 1. The van der Waals surface area contributed by atoms with E-state index in [1.54, 1.807) is 19.0 Å². The van der Waals surface area contributed by atoms with Crippen molar-refractivity contribution in [2.24, 2.45) is 16.5 Å². The quantitative estimate of drug-likeness (QED) is 0.106. The number of halogens is 1. The average Bonchev–Trinajstić information content (AvgIpc) is 2.51. The average molecular weight is 456 g/mol. The standard InChI is InChI=1S/C12H26O4S.C4H11N5.ClH.Na.H/c1-2-3-4-5-6-7-8-9-10-11-12-16-17(13,14)15;1-9(2)4(7)8-3(5)6;;;/h2-12H2,1H3,(H,13,14,15);1-2H3,(H5,5,6,7,8);1H;;/q;;;+1;-1. The smallest absolute Gasteiger partial charge is 1.00 e. The van der Waals surface area contributed by atoms with Crippen LogP contribution in [0.5, 0.6) is 0 Å². The molecular formula is C16H39ClN5NaO4S. The van der Waals surface area contributed by atoms with Crippen molar-refractivity contribution in [1.29, 1.82) is 5.41 Å². The molecule has 0 bridgehead atoms. The maximum Gasteiger partial charge on any atom is 1.00 e. The fourth-order valence-corrected chi connectivity index (χ4v) is 2.31. The number of nitrogens with two attached hydrogens (primary N) is 2. The number of rotatable bonds is 12. The molecule has 6 N–H and O–H groups in total. The molecule has 0 aliphatic heterocycles. The van der Waals surface area contributed by atoms with Gasteiger partial charge in [0.15, 0.2) is 5.96 Å². The van der Waals surface area contributed by atoms with E-state index < -0.39 is 10.4 Å². The van der Waals surface area contributed by atoms with Crippen LogP contribution in [0.1, 0.15) is 72.6 Å². The molecule has 0 amide bonds.